The molecular formula is C15H21N5S. The fourth-order valence-corrected chi connectivity index (χ4v) is 2.81. The molecule has 1 aliphatic carbocycles. The van der Waals surface area contributed by atoms with Crippen molar-refractivity contribution in [1.82, 2.24) is 15.3 Å². The highest BCUT2D eigenvalue weighted by Crippen LogP contribution is 2.17. The molecule has 0 amide bonds. The van der Waals surface area contributed by atoms with E-state index in [1.807, 2.05) is 24.6 Å². The minimum atomic E-state index is 0.470. The molecule has 0 aliphatic heterocycles. The van der Waals surface area contributed by atoms with E-state index in [4.69, 9.17) is 17.5 Å². The largest absolute Gasteiger partial charge is 0.359 e. The van der Waals surface area contributed by atoms with Gasteiger partial charge >= 0.3 is 0 Å². The highest BCUT2D eigenvalue weighted by molar-refractivity contribution is 7.80. The lowest BCUT2D eigenvalue weighted by atomic mass is 9.96. The maximum atomic E-state index is 8.99. The maximum Gasteiger partial charge on any atom is 0.187 e. The second-order valence-electron chi connectivity index (χ2n) is 5.42. The van der Waals surface area contributed by atoms with Gasteiger partial charge in [-0.15, -0.1) is 0 Å². The van der Waals surface area contributed by atoms with Gasteiger partial charge in [0.15, 0.2) is 5.11 Å². The first-order chi connectivity index (χ1) is 10.1. The quantitative estimate of drug-likeness (QED) is 0.511. The summed E-state index contributed by atoms with van der Waals surface area (Å²) in [7, 11) is 1.87. The average molecular weight is 303 g/mol. The Balaban J connectivity index is 1.87. The molecular weight excluding hydrogens is 282 g/mol. The van der Waals surface area contributed by atoms with Crippen LogP contribution in [-0.4, -0.2) is 21.9 Å². The van der Waals surface area contributed by atoms with Crippen LogP contribution in [0.15, 0.2) is 11.2 Å². The number of aromatic nitrogens is 1. The molecule has 0 radical (unpaired) electrons. The Hall–Kier alpha value is -1.87. The normalized spacial score (nSPS) is 15.9. The summed E-state index contributed by atoms with van der Waals surface area (Å²) >= 11 is 5.24. The van der Waals surface area contributed by atoms with Crippen LogP contribution in [0.2, 0.25) is 0 Å². The van der Waals surface area contributed by atoms with Gasteiger partial charge in [0, 0.05) is 24.3 Å². The molecule has 2 rings (SSSR count). The maximum absolute atomic E-state index is 8.99. The molecule has 6 heteroatoms. The molecule has 0 saturated heterocycles. The van der Waals surface area contributed by atoms with E-state index in [0.29, 0.717) is 16.8 Å². The van der Waals surface area contributed by atoms with E-state index < -0.39 is 0 Å². The van der Waals surface area contributed by atoms with Crippen LogP contribution in [0.5, 0.6) is 0 Å². The van der Waals surface area contributed by atoms with Crippen molar-refractivity contribution in [1.29, 1.82) is 5.26 Å². The summed E-state index contributed by atoms with van der Waals surface area (Å²) in [5.74, 6) is 0. The summed E-state index contributed by atoms with van der Waals surface area (Å²) in [5.41, 5.74) is 5.39. The second-order valence-corrected chi connectivity index (χ2v) is 5.83. The molecule has 0 spiro atoms. The Kier molecular flexibility index (Phi) is 5.34. The van der Waals surface area contributed by atoms with Gasteiger partial charge in [-0.1, -0.05) is 19.3 Å². The van der Waals surface area contributed by atoms with Gasteiger partial charge < -0.3 is 9.88 Å². The summed E-state index contributed by atoms with van der Waals surface area (Å²) in [6.07, 6.45) is 7.91. The van der Waals surface area contributed by atoms with Crippen LogP contribution in [0.4, 0.5) is 0 Å². The summed E-state index contributed by atoms with van der Waals surface area (Å²) in [5, 5.41) is 17.0. The van der Waals surface area contributed by atoms with Crippen LogP contribution in [0, 0.1) is 18.3 Å². The number of rotatable bonds is 3. The monoisotopic (exact) mass is 303 g/mol. The van der Waals surface area contributed by atoms with E-state index in [2.05, 4.69) is 21.9 Å². The lowest BCUT2D eigenvalue weighted by Gasteiger charge is -2.23. The van der Waals surface area contributed by atoms with Crippen molar-refractivity contribution in [3.63, 3.8) is 0 Å². The molecule has 1 saturated carbocycles. The lowest BCUT2D eigenvalue weighted by molar-refractivity contribution is 0.412. The van der Waals surface area contributed by atoms with Crippen LogP contribution >= 0.6 is 12.2 Å². The van der Waals surface area contributed by atoms with Crippen molar-refractivity contribution in [3.8, 4) is 6.07 Å². The van der Waals surface area contributed by atoms with Crippen molar-refractivity contribution in [2.45, 2.75) is 45.1 Å². The summed E-state index contributed by atoms with van der Waals surface area (Å²) in [4.78, 5) is 0. The van der Waals surface area contributed by atoms with Gasteiger partial charge in [-0.05, 0) is 38.0 Å². The van der Waals surface area contributed by atoms with Gasteiger partial charge in [0.05, 0.1) is 6.21 Å². The van der Waals surface area contributed by atoms with Crippen molar-refractivity contribution in [2.75, 3.05) is 0 Å². The van der Waals surface area contributed by atoms with Gasteiger partial charge in [0.2, 0.25) is 0 Å². The van der Waals surface area contributed by atoms with Crippen LogP contribution in [0.1, 0.15) is 49.1 Å². The zero-order chi connectivity index (χ0) is 15.2. The smallest absolute Gasteiger partial charge is 0.187 e. The number of hydrogen-bond acceptors (Lipinski definition) is 3. The topological polar surface area (TPSA) is 65.1 Å². The van der Waals surface area contributed by atoms with E-state index in [1.165, 1.54) is 32.1 Å². The van der Waals surface area contributed by atoms with E-state index in [9.17, 15) is 0 Å². The summed E-state index contributed by atoms with van der Waals surface area (Å²) < 4.78 is 1.85. The number of hydrogen-bond donors (Lipinski definition) is 2. The van der Waals surface area contributed by atoms with Crippen molar-refractivity contribution >= 4 is 23.5 Å². The van der Waals surface area contributed by atoms with Crippen molar-refractivity contribution in [2.24, 2.45) is 12.1 Å². The minimum absolute atomic E-state index is 0.470. The third-order valence-corrected chi connectivity index (χ3v) is 4.21. The molecule has 0 unspecified atom stereocenters. The highest BCUT2D eigenvalue weighted by Gasteiger charge is 2.13. The van der Waals surface area contributed by atoms with Gasteiger partial charge in [0.25, 0.3) is 0 Å². The standard InChI is InChI=1S/C15H21N5S/c1-11-12(8-14(9-16)20(11)2)10-17-19-15(21)18-13-6-4-3-5-7-13/h8,10,13H,3-7H2,1-2H3,(H2,18,19,21)/b17-10-. The first-order valence-electron chi connectivity index (χ1n) is 7.28. The van der Waals surface area contributed by atoms with E-state index in [1.54, 1.807) is 6.21 Å². The molecule has 0 aromatic carbocycles. The molecule has 1 aliphatic rings. The number of nitrogens with zero attached hydrogens (tertiary/aromatic N) is 3. The third kappa shape index (κ3) is 4.05. The summed E-state index contributed by atoms with van der Waals surface area (Å²) in [6, 6.07) is 4.44. The Bertz CT molecular complexity index is 576. The molecule has 5 nitrogen and oxygen atoms in total. The van der Waals surface area contributed by atoms with Crippen LogP contribution < -0.4 is 10.7 Å². The Morgan fingerprint density at radius 3 is 2.81 bits per heavy atom. The van der Waals surface area contributed by atoms with E-state index in [-0.39, 0.29) is 0 Å². The molecule has 21 heavy (non-hydrogen) atoms. The molecule has 0 bridgehead atoms. The zero-order valence-corrected chi connectivity index (χ0v) is 13.3. The first-order valence-corrected chi connectivity index (χ1v) is 7.68. The molecule has 1 aromatic rings. The van der Waals surface area contributed by atoms with Gasteiger partial charge in [-0.2, -0.15) is 10.4 Å². The fraction of sp³-hybridized carbons (Fsp3) is 0.533. The average Bonchev–Trinajstić information content (AvgIpc) is 2.76. The molecule has 1 aromatic heterocycles. The van der Waals surface area contributed by atoms with Crippen LogP contribution in [0.3, 0.4) is 0 Å². The molecule has 1 heterocycles. The highest BCUT2D eigenvalue weighted by atomic mass is 32.1. The van der Waals surface area contributed by atoms with E-state index >= 15 is 0 Å². The number of nitriles is 1. The van der Waals surface area contributed by atoms with Gasteiger partial charge in [-0.3, -0.25) is 5.43 Å². The van der Waals surface area contributed by atoms with Crippen LogP contribution in [-0.2, 0) is 7.05 Å². The number of thiocarbonyl (C=S) groups is 1. The number of hydrazone groups is 1. The lowest BCUT2D eigenvalue weighted by Crippen LogP contribution is -2.40. The van der Waals surface area contributed by atoms with Gasteiger partial charge in [-0.25, -0.2) is 0 Å². The summed E-state index contributed by atoms with van der Waals surface area (Å²) in [6.45, 7) is 1.96. The van der Waals surface area contributed by atoms with Crippen LogP contribution in [0.25, 0.3) is 0 Å². The van der Waals surface area contributed by atoms with Crippen molar-refractivity contribution in [3.05, 3.63) is 23.0 Å². The predicted octanol–water partition coefficient (Wildman–Crippen LogP) is 2.34. The first kappa shape index (κ1) is 15.5. The van der Waals surface area contributed by atoms with Gasteiger partial charge in [0.1, 0.15) is 11.8 Å². The molecule has 1 fully saturated rings. The zero-order valence-electron chi connectivity index (χ0n) is 12.5. The molecule has 2 N–H and O–H groups in total. The minimum Gasteiger partial charge on any atom is -0.359 e. The molecule has 0 atom stereocenters. The fourth-order valence-electron chi connectivity index (χ4n) is 2.59. The predicted molar refractivity (Wildman–Crippen MR) is 88.2 cm³/mol. The third-order valence-electron chi connectivity index (χ3n) is 4.00. The molecule has 112 valence electrons. The van der Waals surface area contributed by atoms with E-state index in [0.717, 1.165) is 11.3 Å². The Labute approximate surface area is 131 Å². The second kappa shape index (κ2) is 7.23. The number of nitrogens with one attached hydrogen (secondary N) is 2. The Morgan fingerprint density at radius 2 is 2.19 bits per heavy atom. The SMILES string of the molecule is Cc1c(/C=N\NC(=S)NC2CCCCC2)cc(C#N)n1C. The Morgan fingerprint density at radius 1 is 1.48 bits per heavy atom. The van der Waals surface area contributed by atoms with Crippen molar-refractivity contribution < 1.29 is 0 Å².